The molecular weight excluding hydrogens is 485 g/mol. The first-order valence-electron chi connectivity index (χ1n) is 12.1. The molecule has 4 rings (SSSR count). The minimum Gasteiger partial charge on any atom is -0.488 e. The van der Waals surface area contributed by atoms with E-state index in [2.05, 4.69) is 5.32 Å². The molecule has 2 heterocycles. The fraction of sp³-hybridized carbons (Fsp3) is 0.423. The maximum atomic E-state index is 14.7. The topological polar surface area (TPSA) is 118 Å². The number of piperidine rings is 1. The summed E-state index contributed by atoms with van der Waals surface area (Å²) in [4.78, 5) is 38.4. The van der Waals surface area contributed by atoms with Gasteiger partial charge >= 0.3 is 12.2 Å². The van der Waals surface area contributed by atoms with Gasteiger partial charge in [-0.2, -0.15) is 0 Å². The number of nitrogens with zero attached hydrogens (tertiary/aromatic N) is 2. The Morgan fingerprint density at radius 2 is 1.92 bits per heavy atom. The summed E-state index contributed by atoms with van der Waals surface area (Å²) in [6, 6.07) is 13.4. The van der Waals surface area contributed by atoms with Gasteiger partial charge in [-0.25, -0.2) is 14.0 Å². The summed E-state index contributed by atoms with van der Waals surface area (Å²) in [5.74, 6) is -0.997. The van der Waals surface area contributed by atoms with Gasteiger partial charge in [-0.1, -0.05) is 30.3 Å². The van der Waals surface area contributed by atoms with E-state index in [1.165, 1.54) is 28.9 Å². The molecule has 11 heteroatoms. The van der Waals surface area contributed by atoms with Crippen LogP contribution in [0.3, 0.4) is 0 Å². The van der Waals surface area contributed by atoms with E-state index in [0.29, 0.717) is 5.69 Å². The number of benzene rings is 2. The molecule has 2 aliphatic heterocycles. The number of ether oxygens (including phenoxy) is 3. The van der Waals surface area contributed by atoms with E-state index in [1.54, 1.807) is 0 Å². The van der Waals surface area contributed by atoms with Gasteiger partial charge in [0.25, 0.3) is 0 Å². The zero-order valence-electron chi connectivity index (χ0n) is 20.5. The first kappa shape index (κ1) is 26.2. The van der Waals surface area contributed by atoms with Gasteiger partial charge < -0.3 is 29.5 Å². The smallest absolute Gasteiger partial charge is 0.414 e. The summed E-state index contributed by atoms with van der Waals surface area (Å²) in [5, 5.41) is 13.5. The third-order valence-electron chi connectivity index (χ3n) is 6.33. The molecule has 2 aliphatic rings. The molecule has 0 radical (unpaired) electrons. The summed E-state index contributed by atoms with van der Waals surface area (Å²) < 4.78 is 30.9. The largest absolute Gasteiger partial charge is 0.488 e. The second-order valence-corrected chi connectivity index (χ2v) is 9.21. The monoisotopic (exact) mass is 515 g/mol. The van der Waals surface area contributed by atoms with Crippen molar-refractivity contribution in [1.82, 2.24) is 10.2 Å². The summed E-state index contributed by atoms with van der Waals surface area (Å²) in [5.41, 5.74) is -0.0461. The average Bonchev–Trinajstić information content (AvgIpc) is 3.26. The Labute approximate surface area is 213 Å². The third kappa shape index (κ3) is 6.88. The molecule has 37 heavy (non-hydrogen) atoms. The number of rotatable bonds is 8. The summed E-state index contributed by atoms with van der Waals surface area (Å²) in [7, 11) is 0. The third-order valence-corrected chi connectivity index (χ3v) is 6.33. The zero-order chi connectivity index (χ0) is 26.4. The number of likely N-dealkylation sites (tertiary alicyclic amines) is 1. The molecule has 1 atom stereocenters. The first-order chi connectivity index (χ1) is 17.7. The van der Waals surface area contributed by atoms with Crippen molar-refractivity contribution in [3.8, 4) is 5.75 Å². The number of anilines is 1. The van der Waals surface area contributed by atoms with E-state index >= 15 is 0 Å². The summed E-state index contributed by atoms with van der Waals surface area (Å²) >= 11 is 0. The van der Waals surface area contributed by atoms with Crippen LogP contribution in [0.4, 0.5) is 19.7 Å². The number of cyclic esters (lactones) is 1. The number of halogens is 1. The zero-order valence-corrected chi connectivity index (χ0v) is 20.5. The number of amides is 3. The fourth-order valence-electron chi connectivity index (χ4n) is 4.14. The number of carbonyl (C=O) groups is 3. The van der Waals surface area contributed by atoms with Gasteiger partial charge in [0.15, 0.2) is 11.6 Å². The lowest BCUT2D eigenvalue weighted by atomic mass is 9.92. The van der Waals surface area contributed by atoms with Crippen LogP contribution in [0, 0.1) is 5.82 Å². The SMILES string of the molecule is CC(=O)NCC1CN(c2ccc(OCC3(O)CCN(C(=O)OCc4ccccc4)CC3)c(F)c2)C(=O)O1. The van der Waals surface area contributed by atoms with E-state index < -0.39 is 29.7 Å². The van der Waals surface area contributed by atoms with Crippen LogP contribution in [0.1, 0.15) is 25.3 Å². The Morgan fingerprint density at radius 3 is 2.59 bits per heavy atom. The Kier molecular flexibility index (Phi) is 8.12. The molecule has 0 bridgehead atoms. The summed E-state index contributed by atoms with van der Waals surface area (Å²) in [6.07, 6.45) is -1.11. The quantitative estimate of drug-likeness (QED) is 0.555. The van der Waals surface area contributed by atoms with E-state index in [-0.39, 0.29) is 63.9 Å². The highest BCUT2D eigenvalue weighted by atomic mass is 19.1. The van der Waals surface area contributed by atoms with Crippen LogP contribution in [0.25, 0.3) is 0 Å². The van der Waals surface area contributed by atoms with Crippen LogP contribution in [-0.4, -0.2) is 72.6 Å². The molecular formula is C26H30FN3O7. The van der Waals surface area contributed by atoms with E-state index in [1.807, 2.05) is 30.3 Å². The Hall–Kier alpha value is -3.86. The molecule has 10 nitrogen and oxygen atoms in total. The number of hydrogen-bond donors (Lipinski definition) is 2. The standard InChI is InChI=1S/C26H30FN3O7/c1-18(31)28-14-21-15-30(25(33)37-21)20-7-8-23(22(27)13-20)36-17-26(34)9-11-29(12-10-26)24(32)35-16-19-5-3-2-4-6-19/h2-8,13,21,34H,9-12,14-17H2,1H3,(H,28,31). The molecule has 2 aromatic rings. The molecule has 0 saturated carbocycles. The molecule has 0 aromatic heterocycles. The average molecular weight is 516 g/mol. The van der Waals surface area contributed by atoms with Crippen LogP contribution in [0.2, 0.25) is 0 Å². The van der Waals surface area contributed by atoms with Crippen molar-refractivity contribution in [2.24, 2.45) is 0 Å². The predicted molar refractivity (Wildman–Crippen MR) is 131 cm³/mol. The minimum atomic E-state index is -1.23. The lowest BCUT2D eigenvalue weighted by Gasteiger charge is -2.37. The normalized spacial score (nSPS) is 18.8. The maximum absolute atomic E-state index is 14.7. The number of hydrogen-bond acceptors (Lipinski definition) is 7. The Bertz CT molecular complexity index is 1120. The first-order valence-corrected chi connectivity index (χ1v) is 12.1. The molecule has 3 amide bonds. The van der Waals surface area contributed by atoms with E-state index in [9.17, 15) is 23.9 Å². The molecule has 2 fully saturated rings. The van der Waals surface area contributed by atoms with Crippen LogP contribution in [-0.2, 0) is 20.9 Å². The van der Waals surface area contributed by atoms with Gasteiger partial charge in [0, 0.05) is 26.1 Å². The highest BCUT2D eigenvalue weighted by Gasteiger charge is 2.36. The molecule has 0 aliphatic carbocycles. The molecule has 2 N–H and O–H groups in total. The van der Waals surface area contributed by atoms with Gasteiger partial charge in [0.2, 0.25) is 5.91 Å². The predicted octanol–water partition coefficient (Wildman–Crippen LogP) is 2.83. The minimum absolute atomic E-state index is 0.0655. The molecule has 2 aromatic carbocycles. The molecule has 198 valence electrons. The van der Waals surface area contributed by atoms with Crippen molar-refractivity contribution < 1.29 is 38.1 Å². The van der Waals surface area contributed by atoms with Gasteiger partial charge in [-0.05, 0) is 30.5 Å². The van der Waals surface area contributed by atoms with Crippen LogP contribution in [0.15, 0.2) is 48.5 Å². The second kappa shape index (κ2) is 11.5. The van der Waals surface area contributed by atoms with E-state index in [0.717, 1.165) is 11.6 Å². The van der Waals surface area contributed by atoms with Crippen molar-refractivity contribution >= 4 is 23.8 Å². The number of aliphatic hydroxyl groups is 1. The van der Waals surface area contributed by atoms with Crippen LogP contribution < -0.4 is 15.0 Å². The second-order valence-electron chi connectivity index (χ2n) is 9.21. The van der Waals surface area contributed by atoms with Crippen LogP contribution >= 0.6 is 0 Å². The maximum Gasteiger partial charge on any atom is 0.414 e. The van der Waals surface area contributed by atoms with Crippen molar-refractivity contribution in [1.29, 1.82) is 0 Å². The lowest BCUT2D eigenvalue weighted by Crippen LogP contribution is -2.49. The van der Waals surface area contributed by atoms with Crippen molar-refractivity contribution in [2.45, 2.75) is 38.1 Å². The summed E-state index contributed by atoms with van der Waals surface area (Å²) in [6.45, 7) is 2.29. The van der Waals surface area contributed by atoms with Crippen molar-refractivity contribution in [3.05, 3.63) is 59.9 Å². The molecule has 1 unspecified atom stereocenters. The highest BCUT2D eigenvalue weighted by molar-refractivity contribution is 5.90. The van der Waals surface area contributed by atoms with Gasteiger partial charge in [-0.3, -0.25) is 9.69 Å². The highest BCUT2D eigenvalue weighted by Crippen LogP contribution is 2.29. The van der Waals surface area contributed by atoms with Gasteiger partial charge in [-0.15, -0.1) is 0 Å². The van der Waals surface area contributed by atoms with Crippen molar-refractivity contribution in [2.75, 3.05) is 37.7 Å². The molecule has 0 spiro atoms. The van der Waals surface area contributed by atoms with Crippen LogP contribution in [0.5, 0.6) is 5.75 Å². The van der Waals surface area contributed by atoms with Crippen molar-refractivity contribution in [3.63, 3.8) is 0 Å². The number of nitrogens with one attached hydrogen (secondary N) is 1. The van der Waals surface area contributed by atoms with E-state index in [4.69, 9.17) is 14.2 Å². The van der Waals surface area contributed by atoms with Gasteiger partial charge in [0.05, 0.1) is 18.8 Å². The van der Waals surface area contributed by atoms with Gasteiger partial charge in [0.1, 0.15) is 24.9 Å². The fourth-order valence-corrected chi connectivity index (χ4v) is 4.14. The lowest BCUT2D eigenvalue weighted by molar-refractivity contribution is -0.119. The molecule has 2 saturated heterocycles. The Morgan fingerprint density at radius 1 is 1.19 bits per heavy atom. The Balaban J connectivity index is 1.25. The number of carbonyl (C=O) groups excluding carboxylic acids is 3.